The molecule has 40 heavy (non-hydrogen) atoms. The third kappa shape index (κ3) is 6.58. The van der Waals surface area contributed by atoms with E-state index in [4.69, 9.17) is 5.73 Å². The fraction of sp³-hybridized carbons (Fsp3) is 0.357. The minimum atomic E-state index is -1.39. The standard InChI is InChI=1S/C28H33N5O7/c29-20(12-16-7-9-18(35)10-8-16)25(36)31-22(13-17-14-30-21-5-2-1-4-19(17)21)26(37)32-23(15-34)27(38)33-11-3-6-24(33)28(39)40/h1-2,4-5,7-10,14,20,22-24,30,34-35H,3,6,11-13,15,29H2,(H,31,36)(H,32,37)(H,39,40). The highest BCUT2D eigenvalue weighted by Gasteiger charge is 2.38. The van der Waals surface area contributed by atoms with E-state index in [0.29, 0.717) is 12.0 Å². The van der Waals surface area contributed by atoms with E-state index in [9.17, 15) is 34.5 Å². The number of carbonyl (C=O) groups is 4. The molecule has 12 heteroatoms. The lowest BCUT2D eigenvalue weighted by atomic mass is 10.0. The van der Waals surface area contributed by atoms with Crippen LogP contribution in [0.2, 0.25) is 0 Å². The molecule has 0 spiro atoms. The van der Waals surface area contributed by atoms with Crippen molar-refractivity contribution in [2.45, 2.75) is 49.9 Å². The molecule has 0 radical (unpaired) electrons. The number of aromatic nitrogens is 1. The molecular weight excluding hydrogens is 518 g/mol. The summed E-state index contributed by atoms with van der Waals surface area (Å²) in [6.07, 6.45) is 2.71. The average Bonchev–Trinajstić information content (AvgIpc) is 3.60. The van der Waals surface area contributed by atoms with Crippen LogP contribution in [0.25, 0.3) is 10.9 Å². The van der Waals surface area contributed by atoms with Gasteiger partial charge in [-0.25, -0.2) is 4.79 Å². The molecule has 1 aliphatic rings. The molecule has 1 aromatic heterocycles. The van der Waals surface area contributed by atoms with Gasteiger partial charge in [-0.3, -0.25) is 14.4 Å². The quantitative estimate of drug-likeness (QED) is 0.173. The van der Waals surface area contributed by atoms with Crippen LogP contribution in [0, 0.1) is 0 Å². The van der Waals surface area contributed by atoms with Gasteiger partial charge in [-0.1, -0.05) is 30.3 Å². The fourth-order valence-corrected chi connectivity index (χ4v) is 4.93. The van der Waals surface area contributed by atoms with Crippen LogP contribution in [0.3, 0.4) is 0 Å². The Balaban J connectivity index is 1.52. The highest BCUT2D eigenvalue weighted by atomic mass is 16.4. The second kappa shape index (κ2) is 12.6. The third-order valence-electron chi connectivity index (χ3n) is 7.08. The summed E-state index contributed by atoms with van der Waals surface area (Å²) < 4.78 is 0. The van der Waals surface area contributed by atoms with Crippen molar-refractivity contribution in [3.05, 3.63) is 65.9 Å². The molecule has 8 N–H and O–H groups in total. The summed E-state index contributed by atoms with van der Waals surface area (Å²) in [4.78, 5) is 55.4. The lowest BCUT2D eigenvalue weighted by Crippen LogP contribution is -2.58. The van der Waals surface area contributed by atoms with Gasteiger partial charge < -0.3 is 41.6 Å². The number of hydrogen-bond donors (Lipinski definition) is 7. The number of aliphatic hydroxyl groups is 1. The van der Waals surface area contributed by atoms with Crippen LogP contribution in [0.4, 0.5) is 0 Å². The number of aliphatic hydroxyl groups excluding tert-OH is 1. The van der Waals surface area contributed by atoms with Gasteiger partial charge in [0.15, 0.2) is 0 Å². The van der Waals surface area contributed by atoms with Crippen molar-refractivity contribution in [2.24, 2.45) is 5.73 Å². The average molecular weight is 552 g/mol. The number of carboxylic acids is 1. The zero-order valence-electron chi connectivity index (χ0n) is 21.7. The molecule has 212 valence electrons. The Morgan fingerprint density at radius 3 is 2.40 bits per heavy atom. The number of carbonyl (C=O) groups excluding carboxylic acids is 3. The highest BCUT2D eigenvalue weighted by Crippen LogP contribution is 2.21. The van der Waals surface area contributed by atoms with Crippen LogP contribution in [-0.2, 0) is 32.0 Å². The van der Waals surface area contributed by atoms with E-state index >= 15 is 0 Å². The molecular formula is C28H33N5O7. The molecule has 4 unspecified atom stereocenters. The lowest BCUT2D eigenvalue weighted by molar-refractivity contribution is -0.150. The molecule has 1 saturated heterocycles. The summed E-state index contributed by atoms with van der Waals surface area (Å²) in [5.74, 6) is -3.11. The van der Waals surface area contributed by atoms with Gasteiger partial charge in [-0.15, -0.1) is 0 Å². The summed E-state index contributed by atoms with van der Waals surface area (Å²) in [6, 6.07) is 9.09. The Kier molecular flexibility index (Phi) is 9.02. The summed E-state index contributed by atoms with van der Waals surface area (Å²) >= 11 is 0. The van der Waals surface area contributed by atoms with Crippen LogP contribution < -0.4 is 16.4 Å². The van der Waals surface area contributed by atoms with E-state index in [1.807, 2.05) is 24.3 Å². The van der Waals surface area contributed by atoms with Crippen molar-refractivity contribution < 1.29 is 34.5 Å². The SMILES string of the molecule is NC(Cc1ccc(O)cc1)C(=O)NC(Cc1c[nH]c2ccccc12)C(=O)NC(CO)C(=O)N1CCCC1C(=O)O. The van der Waals surface area contributed by atoms with Crippen molar-refractivity contribution in [2.75, 3.05) is 13.2 Å². The fourth-order valence-electron chi connectivity index (χ4n) is 4.93. The van der Waals surface area contributed by atoms with Gasteiger partial charge in [0.25, 0.3) is 0 Å². The molecule has 0 aliphatic carbocycles. The molecule has 1 aliphatic heterocycles. The van der Waals surface area contributed by atoms with Gasteiger partial charge in [-0.05, 0) is 48.6 Å². The van der Waals surface area contributed by atoms with Gasteiger partial charge in [0.2, 0.25) is 17.7 Å². The van der Waals surface area contributed by atoms with Crippen LogP contribution >= 0.6 is 0 Å². The summed E-state index contributed by atoms with van der Waals surface area (Å²) in [6.45, 7) is -0.550. The predicted octanol–water partition coefficient (Wildman–Crippen LogP) is 0.0235. The largest absolute Gasteiger partial charge is 0.508 e. The lowest BCUT2D eigenvalue weighted by Gasteiger charge is -2.28. The van der Waals surface area contributed by atoms with Gasteiger partial charge >= 0.3 is 5.97 Å². The third-order valence-corrected chi connectivity index (χ3v) is 7.08. The number of nitrogens with zero attached hydrogens (tertiary/aromatic N) is 1. The second-order valence-electron chi connectivity index (χ2n) is 9.87. The first-order valence-corrected chi connectivity index (χ1v) is 13.0. The van der Waals surface area contributed by atoms with Gasteiger partial charge in [-0.2, -0.15) is 0 Å². The zero-order chi connectivity index (χ0) is 28.8. The molecule has 3 aromatic rings. The maximum Gasteiger partial charge on any atom is 0.326 e. The van der Waals surface area contributed by atoms with Crippen molar-refractivity contribution in [1.29, 1.82) is 0 Å². The predicted molar refractivity (Wildman–Crippen MR) is 145 cm³/mol. The molecule has 2 aromatic carbocycles. The maximum absolute atomic E-state index is 13.5. The van der Waals surface area contributed by atoms with E-state index < -0.39 is 54.5 Å². The monoisotopic (exact) mass is 551 g/mol. The van der Waals surface area contributed by atoms with Crippen LogP contribution in [0.5, 0.6) is 5.75 Å². The zero-order valence-corrected chi connectivity index (χ0v) is 21.7. The summed E-state index contributed by atoms with van der Waals surface area (Å²) in [5, 5.41) is 34.9. The number of para-hydroxylation sites is 1. The molecule has 3 amide bonds. The number of amides is 3. The first-order chi connectivity index (χ1) is 19.2. The molecule has 2 heterocycles. The van der Waals surface area contributed by atoms with Gasteiger partial charge in [0.05, 0.1) is 12.6 Å². The first kappa shape index (κ1) is 28.6. The number of phenols is 1. The number of aliphatic carboxylic acids is 1. The van der Waals surface area contributed by atoms with Crippen LogP contribution in [0.1, 0.15) is 24.0 Å². The number of rotatable bonds is 11. The Hall–Kier alpha value is -4.42. The first-order valence-electron chi connectivity index (χ1n) is 13.0. The van der Waals surface area contributed by atoms with Gasteiger partial charge in [0, 0.05) is 30.1 Å². The maximum atomic E-state index is 13.5. The van der Waals surface area contributed by atoms with Crippen molar-refractivity contribution in [3.8, 4) is 5.75 Å². The molecule has 12 nitrogen and oxygen atoms in total. The number of likely N-dealkylation sites (tertiary alicyclic amines) is 1. The molecule has 1 fully saturated rings. The molecule has 4 rings (SSSR count). The topological polar surface area (TPSA) is 198 Å². The minimum absolute atomic E-state index is 0.0569. The Morgan fingerprint density at radius 2 is 1.70 bits per heavy atom. The van der Waals surface area contributed by atoms with E-state index in [0.717, 1.165) is 21.4 Å². The normalized spacial score (nSPS) is 17.2. The smallest absolute Gasteiger partial charge is 0.326 e. The number of nitrogens with two attached hydrogens (primary N) is 1. The summed E-state index contributed by atoms with van der Waals surface area (Å²) in [7, 11) is 0. The number of fused-ring (bicyclic) bond motifs is 1. The number of benzene rings is 2. The number of H-pyrrole nitrogens is 1. The van der Waals surface area contributed by atoms with E-state index in [2.05, 4.69) is 15.6 Å². The number of aromatic hydroxyl groups is 1. The van der Waals surface area contributed by atoms with Crippen LogP contribution in [0.15, 0.2) is 54.7 Å². The Labute approximate surface area is 230 Å². The molecule has 0 saturated carbocycles. The number of carboxylic acid groups (broad SMARTS) is 1. The van der Waals surface area contributed by atoms with Crippen molar-refractivity contribution in [3.63, 3.8) is 0 Å². The number of phenolic OH excluding ortho intramolecular Hbond substituents is 1. The molecule has 0 bridgehead atoms. The van der Waals surface area contributed by atoms with Crippen molar-refractivity contribution in [1.82, 2.24) is 20.5 Å². The van der Waals surface area contributed by atoms with E-state index in [1.165, 1.54) is 12.1 Å². The highest BCUT2D eigenvalue weighted by molar-refractivity contribution is 5.95. The van der Waals surface area contributed by atoms with Crippen LogP contribution in [-0.4, -0.2) is 86.2 Å². The number of hydrogen-bond acceptors (Lipinski definition) is 7. The Morgan fingerprint density at radius 1 is 1.00 bits per heavy atom. The number of aromatic amines is 1. The Bertz CT molecular complexity index is 1370. The molecule has 4 atom stereocenters. The number of nitrogens with one attached hydrogen (secondary N) is 3. The minimum Gasteiger partial charge on any atom is -0.508 e. The second-order valence-corrected chi connectivity index (χ2v) is 9.87. The summed E-state index contributed by atoms with van der Waals surface area (Å²) in [5.41, 5.74) is 8.42. The van der Waals surface area contributed by atoms with Gasteiger partial charge in [0.1, 0.15) is 23.9 Å². The van der Waals surface area contributed by atoms with Crippen molar-refractivity contribution >= 4 is 34.6 Å². The van der Waals surface area contributed by atoms with E-state index in [1.54, 1.807) is 18.3 Å². The van der Waals surface area contributed by atoms with E-state index in [-0.39, 0.29) is 31.6 Å².